The van der Waals surface area contributed by atoms with E-state index in [-0.39, 0.29) is 17.2 Å². The zero-order valence-corrected chi connectivity index (χ0v) is 14.6. The van der Waals surface area contributed by atoms with E-state index in [2.05, 4.69) is 24.1 Å². The van der Waals surface area contributed by atoms with Gasteiger partial charge in [0.25, 0.3) is 0 Å². The molecule has 0 saturated carbocycles. The summed E-state index contributed by atoms with van der Waals surface area (Å²) in [6, 6.07) is 0.490. The molecule has 1 saturated heterocycles. The molecule has 120 valence electrons. The Morgan fingerprint density at radius 3 is 2.70 bits per heavy atom. The summed E-state index contributed by atoms with van der Waals surface area (Å²) in [6.07, 6.45) is 0. The van der Waals surface area contributed by atoms with Crippen LogP contribution in [0.2, 0.25) is 0 Å². The maximum Gasteiger partial charge on any atom is 0.166 e. The highest BCUT2D eigenvalue weighted by molar-refractivity contribution is 8.01. The monoisotopic (exact) mass is 324 g/mol. The van der Waals surface area contributed by atoms with Crippen LogP contribution < -0.4 is 5.32 Å². The number of hydrogen-bond donors (Lipinski definition) is 1. The Morgan fingerprint density at radius 1 is 1.45 bits per heavy atom. The van der Waals surface area contributed by atoms with Crippen molar-refractivity contribution in [3.05, 3.63) is 0 Å². The Balaban J connectivity index is 2.83. The Hall–Kier alpha value is 0.180. The molecule has 20 heavy (non-hydrogen) atoms. The fourth-order valence-corrected chi connectivity index (χ4v) is 5.44. The molecule has 0 aromatic carbocycles. The minimum atomic E-state index is -3.05. The zero-order chi connectivity index (χ0) is 15.2. The van der Waals surface area contributed by atoms with Crippen LogP contribution in [0.25, 0.3) is 0 Å². The molecule has 5 nitrogen and oxygen atoms in total. The standard InChI is InChI=1S/C13H28N2O3S2/c1-5-20(16,17)13-10-19-7-6-15(13)12(9-18-4)8-14-11(2)3/h11-14H,5-10H2,1-4H3. The van der Waals surface area contributed by atoms with Crippen LogP contribution in [0.1, 0.15) is 20.8 Å². The summed E-state index contributed by atoms with van der Waals surface area (Å²) >= 11 is 1.73. The lowest BCUT2D eigenvalue weighted by atomic mass is 10.2. The molecule has 0 aromatic rings. The van der Waals surface area contributed by atoms with Crippen molar-refractivity contribution in [2.45, 2.75) is 38.2 Å². The predicted octanol–water partition coefficient (Wildman–Crippen LogP) is 0.809. The van der Waals surface area contributed by atoms with Crippen LogP contribution in [0, 0.1) is 0 Å². The van der Waals surface area contributed by atoms with Crippen LogP contribution in [0.15, 0.2) is 0 Å². The molecular weight excluding hydrogens is 296 g/mol. The van der Waals surface area contributed by atoms with Gasteiger partial charge < -0.3 is 10.1 Å². The van der Waals surface area contributed by atoms with E-state index in [1.165, 1.54) is 0 Å². The molecule has 1 heterocycles. The molecule has 1 aliphatic rings. The largest absolute Gasteiger partial charge is 0.383 e. The zero-order valence-electron chi connectivity index (χ0n) is 13.0. The van der Waals surface area contributed by atoms with Gasteiger partial charge in [0.05, 0.1) is 6.61 Å². The Labute approximate surface area is 127 Å². The first kappa shape index (κ1) is 18.2. The van der Waals surface area contributed by atoms with Crippen LogP contribution in [0.4, 0.5) is 0 Å². The first-order valence-electron chi connectivity index (χ1n) is 7.19. The molecule has 0 bridgehead atoms. The minimum Gasteiger partial charge on any atom is -0.383 e. The summed E-state index contributed by atoms with van der Waals surface area (Å²) in [5.74, 6) is 1.85. The van der Waals surface area contributed by atoms with Crippen molar-refractivity contribution < 1.29 is 13.2 Å². The lowest BCUT2D eigenvalue weighted by molar-refractivity contribution is 0.0854. The van der Waals surface area contributed by atoms with Crippen LogP contribution >= 0.6 is 11.8 Å². The fraction of sp³-hybridized carbons (Fsp3) is 1.00. The fourth-order valence-electron chi connectivity index (χ4n) is 2.35. The van der Waals surface area contributed by atoms with Gasteiger partial charge in [0.2, 0.25) is 0 Å². The summed E-state index contributed by atoms with van der Waals surface area (Å²) in [7, 11) is -1.38. The van der Waals surface area contributed by atoms with Gasteiger partial charge in [-0.15, -0.1) is 0 Å². The quantitative estimate of drug-likeness (QED) is 0.713. The van der Waals surface area contributed by atoms with E-state index in [0.717, 1.165) is 18.8 Å². The summed E-state index contributed by atoms with van der Waals surface area (Å²) in [5, 5.41) is 3.02. The first-order chi connectivity index (χ1) is 9.42. The van der Waals surface area contributed by atoms with Gasteiger partial charge in [0.1, 0.15) is 5.37 Å². The van der Waals surface area contributed by atoms with E-state index in [1.807, 2.05) is 0 Å². The summed E-state index contributed by atoms with van der Waals surface area (Å²) in [4.78, 5) is 2.12. The summed E-state index contributed by atoms with van der Waals surface area (Å²) in [5.41, 5.74) is 0. The molecule has 0 radical (unpaired) electrons. The van der Waals surface area contributed by atoms with E-state index in [0.29, 0.717) is 18.4 Å². The van der Waals surface area contributed by atoms with Crippen molar-refractivity contribution in [1.82, 2.24) is 10.2 Å². The van der Waals surface area contributed by atoms with Gasteiger partial charge in [0, 0.05) is 49.5 Å². The van der Waals surface area contributed by atoms with E-state index < -0.39 is 9.84 Å². The van der Waals surface area contributed by atoms with Crippen LogP contribution in [-0.4, -0.2) is 74.8 Å². The lowest BCUT2D eigenvalue weighted by Gasteiger charge is -2.40. The number of nitrogens with zero attached hydrogens (tertiary/aromatic N) is 1. The number of nitrogens with one attached hydrogen (secondary N) is 1. The molecule has 2 unspecified atom stereocenters. The van der Waals surface area contributed by atoms with Crippen LogP contribution in [0.3, 0.4) is 0 Å². The van der Waals surface area contributed by atoms with Crippen molar-refractivity contribution in [2.75, 3.05) is 44.1 Å². The second-order valence-electron chi connectivity index (χ2n) is 5.39. The Bertz CT molecular complexity index is 374. The van der Waals surface area contributed by atoms with Gasteiger partial charge in [0.15, 0.2) is 9.84 Å². The highest BCUT2D eigenvalue weighted by Crippen LogP contribution is 2.23. The number of thioether (sulfide) groups is 1. The normalized spacial score (nSPS) is 23.1. The number of rotatable bonds is 8. The number of sulfone groups is 1. The third-order valence-corrected chi connectivity index (χ3v) is 6.84. The summed E-state index contributed by atoms with van der Waals surface area (Å²) < 4.78 is 29.9. The lowest BCUT2D eigenvalue weighted by Crippen LogP contribution is -2.57. The topological polar surface area (TPSA) is 58.6 Å². The maximum absolute atomic E-state index is 12.3. The number of ether oxygens (including phenoxy) is 1. The van der Waals surface area contributed by atoms with Crippen molar-refractivity contribution in [1.29, 1.82) is 0 Å². The molecule has 1 aliphatic heterocycles. The van der Waals surface area contributed by atoms with E-state index in [9.17, 15) is 8.42 Å². The van der Waals surface area contributed by atoms with Gasteiger partial charge >= 0.3 is 0 Å². The molecule has 2 atom stereocenters. The average Bonchev–Trinajstić information content (AvgIpc) is 2.43. The van der Waals surface area contributed by atoms with Crippen molar-refractivity contribution in [2.24, 2.45) is 0 Å². The molecule has 0 aliphatic carbocycles. The minimum absolute atomic E-state index is 0.106. The van der Waals surface area contributed by atoms with Crippen molar-refractivity contribution >= 4 is 21.6 Å². The first-order valence-corrected chi connectivity index (χ1v) is 10.1. The van der Waals surface area contributed by atoms with Gasteiger partial charge in [-0.05, 0) is 0 Å². The molecule has 1 N–H and O–H groups in total. The molecule has 0 aromatic heterocycles. The smallest absolute Gasteiger partial charge is 0.166 e. The molecule has 1 rings (SSSR count). The Morgan fingerprint density at radius 2 is 2.15 bits per heavy atom. The van der Waals surface area contributed by atoms with Crippen LogP contribution in [-0.2, 0) is 14.6 Å². The van der Waals surface area contributed by atoms with Gasteiger partial charge in [-0.25, -0.2) is 8.42 Å². The van der Waals surface area contributed by atoms with E-state index >= 15 is 0 Å². The Kier molecular flexibility index (Phi) is 7.82. The van der Waals surface area contributed by atoms with Gasteiger partial charge in [-0.2, -0.15) is 11.8 Å². The number of hydrogen-bond acceptors (Lipinski definition) is 6. The SMILES string of the molecule is CCS(=O)(=O)C1CSCCN1C(CNC(C)C)COC. The third kappa shape index (κ3) is 5.18. The molecule has 1 fully saturated rings. The predicted molar refractivity (Wildman–Crippen MR) is 86.1 cm³/mol. The summed E-state index contributed by atoms with van der Waals surface area (Å²) in [6.45, 7) is 8.03. The van der Waals surface area contributed by atoms with Gasteiger partial charge in [-0.1, -0.05) is 20.8 Å². The molecular formula is C13H28N2O3S2. The second-order valence-corrected chi connectivity index (χ2v) is 8.99. The van der Waals surface area contributed by atoms with E-state index in [1.54, 1.807) is 25.8 Å². The maximum atomic E-state index is 12.3. The van der Waals surface area contributed by atoms with Gasteiger partial charge in [-0.3, -0.25) is 4.90 Å². The average molecular weight is 325 g/mol. The highest BCUT2D eigenvalue weighted by atomic mass is 32.2. The highest BCUT2D eigenvalue weighted by Gasteiger charge is 2.36. The molecule has 7 heteroatoms. The molecule has 0 amide bonds. The van der Waals surface area contributed by atoms with Crippen LogP contribution in [0.5, 0.6) is 0 Å². The van der Waals surface area contributed by atoms with Crippen molar-refractivity contribution in [3.63, 3.8) is 0 Å². The number of methoxy groups -OCH3 is 1. The molecule has 0 spiro atoms. The third-order valence-electron chi connectivity index (χ3n) is 3.53. The van der Waals surface area contributed by atoms with E-state index in [4.69, 9.17) is 4.74 Å². The second kappa shape index (κ2) is 8.58. The van der Waals surface area contributed by atoms with Crippen molar-refractivity contribution in [3.8, 4) is 0 Å².